The van der Waals surface area contributed by atoms with Crippen molar-refractivity contribution in [1.82, 2.24) is 19.9 Å². The van der Waals surface area contributed by atoms with Crippen molar-refractivity contribution in [2.24, 2.45) is 0 Å². The van der Waals surface area contributed by atoms with E-state index in [1.54, 1.807) is 23.2 Å². The summed E-state index contributed by atoms with van der Waals surface area (Å²) in [5.74, 6) is 0.714. The fourth-order valence-electron chi connectivity index (χ4n) is 2.64. The molecule has 1 atom stereocenters. The minimum absolute atomic E-state index is 0.243. The Hall–Kier alpha value is -2.34. The number of carbonyl (C=O) groups excluding carboxylic acids is 1. The number of hydrogen-bond donors (Lipinski definition) is 1. The van der Waals surface area contributed by atoms with Crippen molar-refractivity contribution in [1.29, 1.82) is 0 Å². The van der Waals surface area contributed by atoms with Crippen molar-refractivity contribution in [3.63, 3.8) is 0 Å². The molecule has 120 valence electrons. The van der Waals surface area contributed by atoms with E-state index in [2.05, 4.69) is 15.0 Å². The van der Waals surface area contributed by atoms with Crippen LogP contribution in [0.5, 0.6) is 0 Å². The number of rotatable bonds is 3. The summed E-state index contributed by atoms with van der Waals surface area (Å²) in [5.41, 5.74) is 2.46. The van der Waals surface area contributed by atoms with Gasteiger partial charge in [-0.25, -0.2) is 9.97 Å². The van der Waals surface area contributed by atoms with Crippen molar-refractivity contribution in [2.45, 2.75) is 38.8 Å². The smallest absolute Gasteiger partial charge is 0.256 e. The normalized spacial score (nSPS) is 15.4. The van der Waals surface area contributed by atoms with Crippen LogP contribution in [0.3, 0.4) is 0 Å². The summed E-state index contributed by atoms with van der Waals surface area (Å²) in [7, 11) is 0. The first-order valence-corrected chi connectivity index (χ1v) is 7.77. The minimum Gasteiger partial charge on any atom is -0.378 e. The first-order chi connectivity index (χ1) is 11.1. The molecule has 1 amide bonds. The molecule has 0 radical (unpaired) electrons. The molecule has 0 bridgehead atoms. The summed E-state index contributed by atoms with van der Waals surface area (Å²) in [5, 5.41) is 10.3. The first-order valence-electron chi connectivity index (χ1n) is 7.77. The predicted molar refractivity (Wildman–Crippen MR) is 84.4 cm³/mol. The van der Waals surface area contributed by atoms with E-state index in [9.17, 15) is 9.90 Å². The van der Waals surface area contributed by atoms with Crippen LogP contribution >= 0.6 is 0 Å². The standard InChI is InChI=1S/C17H20N4O2/c1-11(2)16-19-9-12-5-7-21(10-14(12)20-16)17(23)15(22)13-4-3-6-18-8-13/h3-4,6,8-9,11,15,22H,5,7,10H2,1-2H3. The molecule has 0 fully saturated rings. The highest BCUT2D eigenvalue weighted by atomic mass is 16.3. The maximum absolute atomic E-state index is 12.5. The first kappa shape index (κ1) is 15.6. The van der Waals surface area contributed by atoms with E-state index in [1.807, 2.05) is 20.0 Å². The van der Waals surface area contributed by atoms with Crippen LogP contribution < -0.4 is 0 Å². The zero-order chi connectivity index (χ0) is 16.4. The molecule has 2 aromatic heterocycles. The zero-order valence-corrected chi connectivity index (χ0v) is 13.3. The van der Waals surface area contributed by atoms with Crippen LogP contribution in [0.4, 0.5) is 0 Å². The largest absolute Gasteiger partial charge is 0.378 e. The van der Waals surface area contributed by atoms with Crippen LogP contribution in [0.15, 0.2) is 30.7 Å². The van der Waals surface area contributed by atoms with Gasteiger partial charge in [0.15, 0.2) is 6.10 Å². The zero-order valence-electron chi connectivity index (χ0n) is 13.3. The van der Waals surface area contributed by atoms with Gasteiger partial charge in [-0.1, -0.05) is 19.9 Å². The van der Waals surface area contributed by atoms with E-state index in [0.717, 1.165) is 17.1 Å². The second kappa shape index (κ2) is 6.42. The van der Waals surface area contributed by atoms with Gasteiger partial charge in [-0.2, -0.15) is 0 Å². The molecule has 6 heteroatoms. The topological polar surface area (TPSA) is 79.2 Å². The van der Waals surface area contributed by atoms with Crippen molar-refractivity contribution >= 4 is 5.91 Å². The highest BCUT2D eigenvalue weighted by molar-refractivity contribution is 5.82. The van der Waals surface area contributed by atoms with Gasteiger partial charge in [-0.15, -0.1) is 0 Å². The average molecular weight is 312 g/mol. The van der Waals surface area contributed by atoms with Gasteiger partial charge in [0.1, 0.15) is 5.82 Å². The number of pyridine rings is 1. The second-order valence-corrected chi connectivity index (χ2v) is 6.05. The molecule has 1 aliphatic heterocycles. The van der Waals surface area contributed by atoms with Gasteiger partial charge in [-0.3, -0.25) is 9.78 Å². The SMILES string of the molecule is CC(C)c1ncc2c(n1)CN(C(=O)C(O)c1cccnc1)CC2. The monoisotopic (exact) mass is 312 g/mol. The minimum atomic E-state index is -1.18. The van der Waals surface area contributed by atoms with Crippen LogP contribution in [0.2, 0.25) is 0 Å². The van der Waals surface area contributed by atoms with E-state index in [-0.39, 0.29) is 11.8 Å². The Bertz CT molecular complexity index is 703. The molecule has 1 aliphatic rings. The number of aromatic nitrogens is 3. The van der Waals surface area contributed by atoms with Crippen LogP contribution in [0.25, 0.3) is 0 Å². The second-order valence-electron chi connectivity index (χ2n) is 6.05. The highest BCUT2D eigenvalue weighted by Crippen LogP contribution is 2.22. The molecule has 2 aromatic rings. The molecule has 1 unspecified atom stereocenters. The van der Waals surface area contributed by atoms with Crippen LogP contribution in [-0.2, 0) is 17.8 Å². The van der Waals surface area contributed by atoms with E-state index in [1.165, 1.54) is 6.20 Å². The summed E-state index contributed by atoms with van der Waals surface area (Å²) in [4.78, 5) is 27.1. The van der Waals surface area contributed by atoms with Crippen molar-refractivity contribution < 1.29 is 9.90 Å². The molecular formula is C17H20N4O2. The Labute approximate surface area is 135 Å². The Morgan fingerprint density at radius 2 is 2.17 bits per heavy atom. The molecule has 23 heavy (non-hydrogen) atoms. The fraction of sp³-hybridized carbons (Fsp3) is 0.412. The number of nitrogens with zero attached hydrogens (tertiary/aromatic N) is 4. The fourth-order valence-corrected chi connectivity index (χ4v) is 2.64. The molecule has 3 rings (SSSR count). The van der Waals surface area contributed by atoms with E-state index < -0.39 is 6.10 Å². The third kappa shape index (κ3) is 3.22. The van der Waals surface area contributed by atoms with Crippen molar-refractivity contribution in [3.05, 3.63) is 53.4 Å². The van der Waals surface area contributed by atoms with E-state index >= 15 is 0 Å². The lowest BCUT2D eigenvalue weighted by Gasteiger charge is -2.30. The van der Waals surface area contributed by atoms with Gasteiger partial charge in [0.05, 0.1) is 12.2 Å². The van der Waals surface area contributed by atoms with E-state index in [0.29, 0.717) is 25.1 Å². The Kier molecular flexibility index (Phi) is 4.34. The summed E-state index contributed by atoms with van der Waals surface area (Å²) in [6.45, 7) is 5.06. The summed E-state index contributed by atoms with van der Waals surface area (Å²) < 4.78 is 0. The Morgan fingerprint density at radius 1 is 1.35 bits per heavy atom. The van der Waals surface area contributed by atoms with Crippen molar-refractivity contribution in [3.8, 4) is 0 Å². The van der Waals surface area contributed by atoms with Crippen molar-refractivity contribution in [2.75, 3.05) is 6.54 Å². The van der Waals surface area contributed by atoms with Gasteiger partial charge in [0, 0.05) is 36.6 Å². The third-order valence-electron chi connectivity index (χ3n) is 4.03. The summed E-state index contributed by atoms with van der Waals surface area (Å²) >= 11 is 0. The van der Waals surface area contributed by atoms with Crippen LogP contribution in [-0.4, -0.2) is 37.4 Å². The van der Waals surface area contributed by atoms with Gasteiger partial charge in [0.25, 0.3) is 5.91 Å². The quantitative estimate of drug-likeness (QED) is 0.931. The molecule has 3 heterocycles. The molecule has 0 aromatic carbocycles. The van der Waals surface area contributed by atoms with E-state index in [4.69, 9.17) is 0 Å². The van der Waals surface area contributed by atoms with Gasteiger partial charge in [0.2, 0.25) is 0 Å². The molecule has 6 nitrogen and oxygen atoms in total. The predicted octanol–water partition coefficient (Wildman–Crippen LogP) is 1.61. The lowest BCUT2D eigenvalue weighted by atomic mass is 10.0. The lowest BCUT2D eigenvalue weighted by molar-refractivity contribution is -0.141. The Morgan fingerprint density at radius 3 is 2.87 bits per heavy atom. The van der Waals surface area contributed by atoms with Crippen LogP contribution in [0.1, 0.15) is 48.5 Å². The molecule has 0 spiro atoms. The maximum atomic E-state index is 12.5. The van der Waals surface area contributed by atoms with Gasteiger partial charge in [-0.05, 0) is 18.1 Å². The Balaban J connectivity index is 1.78. The lowest BCUT2D eigenvalue weighted by Crippen LogP contribution is -2.39. The maximum Gasteiger partial charge on any atom is 0.256 e. The number of hydrogen-bond acceptors (Lipinski definition) is 5. The summed E-state index contributed by atoms with van der Waals surface area (Å²) in [6, 6.07) is 3.41. The third-order valence-corrected chi connectivity index (χ3v) is 4.03. The summed E-state index contributed by atoms with van der Waals surface area (Å²) in [6.07, 6.45) is 4.51. The molecule has 0 aliphatic carbocycles. The highest BCUT2D eigenvalue weighted by Gasteiger charge is 2.28. The molecular weight excluding hydrogens is 292 g/mol. The number of amides is 1. The van der Waals surface area contributed by atoms with Gasteiger partial charge < -0.3 is 10.0 Å². The van der Waals surface area contributed by atoms with Gasteiger partial charge >= 0.3 is 0 Å². The number of fused-ring (bicyclic) bond motifs is 1. The van der Waals surface area contributed by atoms with Crippen LogP contribution in [0, 0.1) is 0 Å². The average Bonchev–Trinajstić information content (AvgIpc) is 2.60. The number of aliphatic hydroxyl groups excluding tert-OH is 1. The molecule has 0 saturated carbocycles. The number of aliphatic hydroxyl groups is 1. The molecule has 1 N–H and O–H groups in total. The molecule has 0 saturated heterocycles. The number of carbonyl (C=O) groups is 1.